The van der Waals surface area contributed by atoms with Crippen LogP contribution in [0.25, 0.3) is 0 Å². The molecule has 0 aliphatic heterocycles. The molecular formula is C2H2NNaO4. The number of carbonyl (C=O) groups is 1. The van der Waals surface area contributed by atoms with Crippen LogP contribution < -0.4 is 34.7 Å². The maximum atomic E-state index is 9.32. The minimum atomic E-state index is -1.46. The number of carboxylic acid groups (broad SMARTS) is 1. The van der Waals surface area contributed by atoms with Gasteiger partial charge in [0.15, 0.2) is 11.9 Å². The molecule has 0 bridgehead atoms. The van der Waals surface area contributed by atoms with E-state index in [0.29, 0.717) is 0 Å². The summed E-state index contributed by atoms with van der Waals surface area (Å²) in [7, 11) is 0. The fourth-order valence-corrected chi connectivity index (χ4v) is 0.0791. The smallest absolute Gasteiger partial charge is 0.546 e. The zero-order chi connectivity index (χ0) is 5.70. The van der Waals surface area contributed by atoms with Gasteiger partial charge in [0.25, 0.3) is 0 Å². The van der Waals surface area contributed by atoms with Gasteiger partial charge in [-0.25, -0.2) is 0 Å². The number of rotatable bonds is 3. The Labute approximate surface area is 67.2 Å². The van der Waals surface area contributed by atoms with Gasteiger partial charge in [0, 0.05) is 0 Å². The summed E-state index contributed by atoms with van der Waals surface area (Å²) in [5, 5.41) is 11.1. The normalized spacial score (nSPS) is 6.50. The summed E-state index contributed by atoms with van der Waals surface area (Å²) in [5.41, 5.74) is 0. The molecule has 0 spiro atoms. The van der Waals surface area contributed by atoms with Crippen LogP contribution in [0.4, 0.5) is 0 Å². The van der Waals surface area contributed by atoms with E-state index in [4.69, 9.17) is 4.91 Å². The maximum absolute atomic E-state index is 9.32. The van der Waals surface area contributed by atoms with E-state index < -0.39 is 12.6 Å². The van der Waals surface area contributed by atoms with Crippen molar-refractivity contribution in [3.63, 3.8) is 0 Å². The van der Waals surface area contributed by atoms with Gasteiger partial charge in [0.2, 0.25) is 0 Å². The predicted octanol–water partition coefficient (Wildman–Crippen LogP) is -4.56. The minimum Gasteiger partial charge on any atom is -0.546 e. The van der Waals surface area contributed by atoms with Crippen LogP contribution in [0.1, 0.15) is 0 Å². The van der Waals surface area contributed by atoms with Gasteiger partial charge in [-0.05, 0) is 0 Å². The molecule has 0 aliphatic carbocycles. The van der Waals surface area contributed by atoms with Gasteiger partial charge in [-0.2, -0.15) is 0 Å². The first-order valence-electron chi connectivity index (χ1n) is 1.42. The van der Waals surface area contributed by atoms with Crippen LogP contribution >= 0.6 is 0 Å². The summed E-state index contributed by atoms with van der Waals surface area (Å²) in [6, 6.07) is 0. The molecule has 40 valence electrons. The van der Waals surface area contributed by atoms with Crippen molar-refractivity contribution in [2.75, 3.05) is 6.61 Å². The van der Waals surface area contributed by atoms with Crippen LogP contribution in [0.15, 0.2) is 5.34 Å². The van der Waals surface area contributed by atoms with Gasteiger partial charge < -0.3 is 14.7 Å². The molecule has 0 atom stereocenters. The Hall–Kier alpha value is -0.130. The Balaban J connectivity index is 0. The predicted molar refractivity (Wildman–Crippen MR) is 16.8 cm³/mol. The Morgan fingerprint density at radius 1 is 1.75 bits per heavy atom. The topological polar surface area (TPSA) is 78.8 Å². The zero-order valence-electron chi connectivity index (χ0n) is 4.29. The van der Waals surface area contributed by atoms with Gasteiger partial charge >= 0.3 is 29.6 Å². The summed E-state index contributed by atoms with van der Waals surface area (Å²) >= 11 is 0. The molecule has 0 aromatic heterocycles. The number of nitrogens with zero attached hydrogens (tertiary/aromatic N) is 1. The molecule has 0 amide bonds. The Bertz CT molecular complexity index is 84.1. The van der Waals surface area contributed by atoms with Crippen molar-refractivity contribution in [3.8, 4) is 0 Å². The standard InChI is InChI=1S/C2H3NO4.Na/c4-2(5)1-7-3-6;/h1H2,(H,4,5);/q;+1/p-1. The first kappa shape index (κ1) is 10.8. The summed E-state index contributed by atoms with van der Waals surface area (Å²) in [4.78, 5) is 21.8. The molecule has 0 aromatic rings. The van der Waals surface area contributed by atoms with Gasteiger partial charge in [0.05, 0.1) is 5.97 Å². The Kier molecular flexibility index (Phi) is 9.26. The third-order valence-electron chi connectivity index (χ3n) is 0.235. The van der Waals surface area contributed by atoms with Crippen LogP contribution in [0.5, 0.6) is 0 Å². The van der Waals surface area contributed by atoms with Crippen molar-refractivity contribution in [2.45, 2.75) is 0 Å². The van der Waals surface area contributed by atoms with Gasteiger partial charge in [0.1, 0.15) is 0 Å². The van der Waals surface area contributed by atoms with Crippen molar-refractivity contribution in [3.05, 3.63) is 4.91 Å². The first-order valence-corrected chi connectivity index (χ1v) is 1.42. The number of aliphatic carboxylic acids is 1. The van der Waals surface area contributed by atoms with Crippen molar-refractivity contribution in [1.82, 2.24) is 0 Å². The molecule has 6 heteroatoms. The molecule has 0 N–H and O–H groups in total. The van der Waals surface area contributed by atoms with Crippen molar-refractivity contribution >= 4 is 5.97 Å². The number of hydrogen-bond acceptors (Lipinski definition) is 5. The summed E-state index contributed by atoms with van der Waals surface area (Å²) in [6.45, 7) is -0.774. The second-order valence-electron chi connectivity index (χ2n) is 0.720. The van der Waals surface area contributed by atoms with Crippen LogP contribution in [-0.2, 0) is 9.63 Å². The van der Waals surface area contributed by atoms with E-state index in [0.717, 1.165) is 0 Å². The zero-order valence-corrected chi connectivity index (χ0v) is 6.29. The average Bonchev–Trinajstić information content (AvgIpc) is 1.61. The van der Waals surface area contributed by atoms with Gasteiger partial charge in [-0.1, -0.05) is 0 Å². The second-order valence-corrected chi connectivity index (χ2v) is 0.720. The molecule has 5 nitrogen and oxygen atoms in total. The monoisotopic (exact) mass is 127 g/mol. The van der Waals surface area contributed by atoms with E-state index in [1.165, 1.54) is 0 Å². The molecule has 0 heterocycles. The van der Waals surface area contributed by atoms with Crippen LogP contribution in [0.3, 0.4) is 0 Å². The quantitative estimate of drug-likeness (QED) is 0.217. The second kappa shape index (κ2) is 6.87. The van der Waals surface area contributed by atoms with E-state index in [1.54, 1.807) is 5.34 Å². The third kappa shape index (κ3) is 9.30. The molecule has 0 rings (SSSR count). The Morgan fingerprint density at radius 2 is 2.25 bits per heavy atom. The number of carboxylic acids is 1. The maximum Gasteiger partial charge on any atom is 1.00 e. The third-order valence-corrected chi connectivity index (χ3v) is 0.235. The molecule has 0 saturated carbocycles. The van der Waals surface area contributed by atoms with E-state index in [-0.39, 0.29) is 29.6 Å². The Morgan fingerprint density at radius 3 is 2.38 bits per heavy atom. The summed E-state index contributed by atoms with van der Waals surface area (Å²) in [5.74, 6) is -1.46. The molecule has 0 aromatic carbocycles. The minimum absolute atomic E-state index is 0. The van der Waals surface area contributed by atoms with Crippen molar-refractivity contribution in [2.24, 2.45) is 5.34 Å². The van der Waals surface area contributed by atoms with E-state index in [1.807, 2.05) is 0 Å². The van der Waals surface area contributed by atoms with Crippen LogP contribution in [0.2, 0.25) is 0 Å². The molecule has 8 heavy (non-hydrogen) atoms. The molecule has 0 aliphatic rings. The van der Waals surface area contributed by atoms with Crippen LogP contribution in [-0.4, -0.2) is 12.6 Å². The largest absolute Gasteiger partial charge is 1.00 e. The summed E-state index contributed by atoms with van der Waals surface area (Å²) < 4.78 is 0. The average molecular weight is 127 g/mol. The summed E-state index contributed by atoms with van der Waals surface area (Å²) in [6.07, 6.45) is 0. The van der Waals surface area contributed by atoms with Crippen molar-refractivity contribution < 1.29 is 44.3 Å². The molecular weight excluding hydrogens is 125 g/mol. The van der Waals surface area contributed by atoms with E-state index in [9.17, 15) is 9.90 Å². The number of carbonyl (C=O) groups excluding carboxylic acids is 1. The molecule has 0 radical (unpaired) electrons. The molecule has 0 saturated heterocycles. The SMILES string of the molecule is O=NOCC(=O)[O-].[Na+]. The molecule has 0 fully saturated rings. The van der Waals surface area contributed by atoms with E-state index >= 15 is 0 Å². The number of hydrogen-bond donors (Lipinski definition) is 0. The van der Waals surface area contributed by atoms with Crippen molar-refractivity contribution in [1.29, 1.82) is 0 Å². The van der Waals surface area contributed by atoms with E-state index in [2.05, 4.69) is 4.84 Å². The van der Waals surface area contributed by atoms with Crippen LogP contribution in [0, 0.1) is 4.91 Å². The van der Waals surface area contributed by atoms with Gasteiger partial charge in [-0.15, -0.1) is 4.91 Å². The fourth-order valence-electron chi connectivity index (χ4n) is 0.0791. The van der Waals surface area contributed by atoms with Gasteiger partial charge in [-0.3, -0.25) is 0 Å². The molecule has 0 unspecified atom stereocenters. The fraction of sp³-hybridized carbons (Fsp3) is 0.500. The first-order chi connectivity index (χ1) is 3.27.